The van der Waals surface area contributed by atoms with Crippen molar-refractivity contribution in [2.75, 3.05) is 13.2 Å². The van der Waals surface area contributed by atoms with Crippen LogP contribution in [0.3, 0.4) is 0 Å². The van der Waals surface area contributed by atoms with Crippen molar-refractivity contribution >= 4 is 29.3 Å². The van der Waals surface area contributed by atoms with Crippen LogP contribution in [-0.4, -0.2) is 35.7 Å². The third-order valence-electron chi connectivity index (χ3n) is 3.99. The van der Waals surface area contributed by atoms with E-state index >= 15 is 0 Å². The quantitative estimate of drug-likeness (QED) is 0.584. The van der Waals surface area contributed by atoms with Gasteiger partial charge in [-0.1, -0.05) is 11.6 Å². The number of halogens is 1. The first-order valence-corrected chi connectivity index (χ1v) is 8.16. The molecule has 1 aromatic heterocycles. The minimum atomic E-state index is -0.569. The first-order valence-electron chi connectivity index (χ1n) is 7.78. The predicted molar refractivity (Wildman–Crippen MR) is 89.0 cm³/mol. The van der Waals surface area contributed by atoms with Gasteiger partial charge in [0, 0.05) is 23.6 Å². The molecule has 0 radical (unpaired) electrons. The molecular weight excluding hydrogens is 346 g/mol. The lowest BCUT2D eigenvalue weighted by molar-refractivity contribution is -0.147. The van der Waals surface area contributed by atoms with Crippen LogP contribution in [0.4, 0.5) is 0 Å². The summed E-state index contributed by atoms with van der Waals surface area (Å²) in [4.78, 5) is 37.7. The average molecular weight is 362 g/mol. The summed E-state index contributed by atoms with van der Waals surface area (Å²) in [6, 6.07) is 9.84. The smallest absolute Gasteiger partial charge is 0.311 e. The topological polar surface area (TPSA) is 76.8 Å². The summed E-state index contributed by atoms with van der Waals surface area (Å²) in [6.45, 7) is 0.218. The normalized spacial score (nSPS) is 16.9. The summed E-state index contributed by atoms with van der Waals surface area (Å²) >= 11 is 5.77. The molecule has 1 aliphatic heterocycles. The number of ether oxygens (including phenoxy) is 1. The Kier molecular flexibility index (Phi) is 5.19. The van der Waals surface area contributed by atoms with Gasteiger partial charge in [0.15, 0.2) is 12.4 Å². The second-order valence-corrected chi connectivity index (χ2v) is 6.23. The van der Waals surface area contributed by atoms with Gasteiger partial charge in [-0.15, -0.1) is 0 Å². The van der Waals surface area contributed by atoms with Gasteiger partial charge < -0.3 is 14.1 Å². The van der Waals surface area contributed by atoms with Crippen LogP contribution in [-0.2, 0) is 20.9 Å². The lowest BCUT2D eigenvalue weighted by Gasteiger charge is -2.14. The van der Waals surface area contributed by atoms with Gasteiger partial charge in [-0.2, -0.15) is 0 Å². The SMILES string of the molecule is O=C(COC(=O)[C@@H]1CC(=O)N(Cc2ccco2)C1)c1ccc(Cl)cc1. The van der Waals surface area contributed by atoms with Gasteiger partial charge in [0.2, 0.25) is 5.91 Å². The average Bonchev–Trinajstić information content (AvgIpc) is 3.24. The monoisotopic (exact) mass is 361 g/mol. The Morgan fingerprint density at radius 2 is 2.00 bits per heavy atom. The van der Waals surface area contributed by atoms with Crippen molar-refractivity contribution in [3.63, 3.8) is 0 Å². The summed E-state index contributed by atoms with van der Waals surface area (Å²) in [6.07, 6.45) is 1.61. The van der Waals surface area contributed by atoms with E-state index in [1.165, 1.54) is 6.26 Å². The Labute approximate surface area is 149 Å². The van der Waals surface area contributed by atoms with E-state index in [0.717, 1.165) is 0 Å². The van der Waals surface area contributed by atoms with E-state index in [1.54, 1.807) is 41.3 Å². The number of amides is 1. The molecular formula is C18H16ClNO5. The molecule has 0 unspecified atom stereocenters. The number of benzene rings is 1. The third-order valence-corrected chi connectivity index (χ3v) is 4.24. The fourth-order valence-corrected chi connectivity index (χ4v) is 2.77. The molecule has 1 atom stereocenters. The number of likely N-dealkylation sites (tertiary alicyclic amines) is 1. The Morgan fingerprint density at radius 3 is 2.68 bits per heavy atom. The van der Waals surface area contributed by atoms with E-state index in [9.17, 15) is 14.4 Å². The van der Waals surface area contributed by atoms with Crippen LogP contribution in [0.15, 0.2) is 47.1 Å². The second kappa shape index (κ2) is 7.53. The van der Waals surface area contributed by atoms with Gasteiger partial charge in [-0.05, 0) is 36.4 Å². The van der Waals surface area contributed by atoms with E-state index in [1.807, 2.05) is 0 Å². The Bertz CT molecular complexity index is 769. The van der Waals surface area contributed by atoms with Crippen LogP contribution >= 0.6 is 11.6 Å². The molecule has 2 aromatic rings. The second-order valence-electron chi connectivity index (χ2n) is 5.79. The van der Waals surface area contributed by atoms with Gasteiger partial charge in [-0.25, -0.2) is 0 Å². The number of esters is 1. The van der Waals surface area contributed by atoms with Crippen LogP contribution in [0.5, 0.6) is 0 Å². The summed E-state index contributed by atoms with van der Waals surface area (Å²) in [7, 11) is 0. The van der Waals surface area contributed by atoms with Crippen molar-refractivity contribution in [3.05, 3.63) is 59.0 Å². The molecule has 0 saturated carbocycles. The zero-order valence-electron chi connectivity index (χ0n) is 13.3. The molecule has 1 fully saturated rings. The van der Waals surface area contributed by atoms with E-state index in [2.05, 4.69) is 0 Å². The largest absolute Gasteiger partial charge is 0.467 e. The van der Waals surface area contributed by atoms with Crippen molar-refractivity contribution in [3.8, 4) is 0 Å². The predicted octanol–water partition coefficient (Wildman–Crippen LogP) is 2.71. The minimum Gasteiger partial charge on any atom is -0.467 e. The number of carbonyl (C=O) groups is 3. The maximum Gasteiger partial charge on any atom is 0.311 e. The molecule has 25 heavy (non-hydrogen) atoms. The molecule has 3 rings (SSSR count). The third kappa shape index (κ3) is 4.28. The van der Waals surface area contributed by atoms with Crippen LogP contribution in [0.1, 0.15) is 22.5 Å². The minimum absolute atomic E-state index is 0.0781. The zero-order chi connectivity index (χ0) is 17.8. The van der Waals surface area contributed by atoms with Crippen LogP contribution < -0.4 is 0 Å². The first kappa shape index (κ1) is 17.2. The number of hydrogen-bond acceptors (Lipinski definition) is 5. The Balaban J connectivity index is 1.51. The highest BCUT2D eigenvalue weighted by Crippen LogP contribution is 2.21. The highest BCUT2D eigenvalue weighted by atomic mass is 35.5. The van der Waals surface area contributed by atoms with Gasteiger partial charge in [-0.3, -0.25) is 14.4 Å². The molecule has 6 nitrogen and oxygen atoms in total. The molecule has 0 spiro atoms. The molecule has 1 aliphatic rings. The number of hydrogen-bond donors (Lipinski definition) is 0. The highest BCUT2D eigenvalue weighted by Gasteiger charge is 2.35. The number of Topliss-reactive ketones (excluding diaryl/α,β-unsaturated/α-hetero) is 1. The summed E-state index contributed by atoms with van der Waals surface area (Å²) in [5.41, 5.74) is 0.416. The van der Waals surface area contributed by atoms with Gasteiger partial charge in [0.1, 0.15) is 5.76 Å². The summed E-state index contributed by atoms with van der Waals surface area (Å²) < 4.78 is 10.3. The molecule has 1 aromatic carbocycles. The van der Waals surface area contributed by atoms with Crippen molar-refractivity contribution in [1.29, 1.82) is 0 Å². The number of ketones is 1. The Hall–Kier alpha value is -2.60. The maximum atomic E-state index is 12.1. The number of carbonyl (C=O) groups excluding carboxylic acids is 3. The number of rotatable bonds is 6. The molecule has 2 heterocycles. The van der Waals surface area contributed by atoms with Crippen LogP contribution in [0, 0.1) is 5.92 Å². The highest BCUT2D eigenvalue weighted by molar-refractivity contribution is 6.30. The van der Waals surface area contributed by atoms with Gasteiger partial charge >= 0.3 is 5.97 Å². The van der Waals surface area contributed by atoms with Gasteiger partial charge in [0.05, 0.1) is 18.7 Å². The lowest BCUT2D eigenvalue weighted by Crippen LogP contribution is -2.27. The molecule has 1 amide bonds. The molecule has 7 heteroatoms. The van der Waals surface area contributed by atoms with E-state index in [-0.39, 0.29) is 31.3 Å². The van der Waals surface area contributed by atoms with Crippen LogP contribution in [0.2, 0.25) is 5.02 Å². The van der Waals surface area contributed by atoms with E-state index < -0.39 is 11.9 Å². The lowest BCUT2D eigenvalue weighted by atomic mass is 10.1. The molecule has 0 aliphatic carbocycles. The number of nitrogens with zero attached hydrogens (tertiary/aromatic N) is 1. The van der Waals surface area contributed by atoms with E-state index in [4.69, 9.17) is 20.8 Å². The van der Waals surface area contributed by atoms with Crippen molar-refractivity contribution in [1.82, 2.24) is 4.90 Å². The van der Waals surface area contributed by atoms with Crippen molar-refractivity contribution in [2.24, 2.45) is 5.92 Å². The first-order chi connectivity index (χ1) is 12.0. The van der Waals surface area contributed by atoms with E-state index in [0.29, 0.717) is 22.9 Å². The molecule has 0 bridgehead atoms. The summed E-state index contributed by atoms with van der Waals surface area (Å²) in [5, 5.41) is 0.523. The van der Waals surface area contributed by atoms with Crippen molar-refractivity contribution in [2.45, 2.75) is 13.0 Å². The van der Waals surface area contributed by atoms with Crippen LogP contribution in [0.25, 0.3) is 0 Å². The Morgan fingerprint density at radius 1 is 1.24 bits per heavy atom. The zero-order valence-corrected chi connectivity index (χ0v) is 14.1. The molecule has 130 valence electrons. The fourth-order valence-electron chi connectivity index (χ4n) is 2.65. The summed E-state index contributed by atoms with van der Waals surface area (Å²) in [5.74, 6) is -0.914. The standard InChI is InChI=1S/C18H16ClNO5/c19-14-5-3-12(4-6-14)16(21)11-25-18(23)13-8-17(22)20(9-13)10-15-2-1-7-24-15/h1-7,13H,8-11H2/t13-/m1/s1. The molecule has 1 saturated heterocycles. The fraction of sp³-hybridized carbons (Fsp3) is 0.278. The van der Waals surface area contributed by atoms with Gasteiger partial charge in [0.25, 0.3) is 0 Å². The maximum absolute atomic E-state index is 12.1. The number of furan rings is 1. The van der Waals surface area contributed by atoms with Crippen molar-refractivity contribution < 1.29 is 23.5 Å². The molecule has 0 N–H and O–H groups in total.